The maximum absolute atomic E-state index is 13.2. The lowest BCUT2D eigenvalue weighted by molar-refractivity contribution is 0.437. The fraction of sp³-hybridized carbons (Fsp3) is 0.250. The van der Waals surface area contributed by atoms with Crippen LogP contribution < -0.4 is 15.0 Å². The third-order valence-electron chi connectivity index (χ3n) is 4.68. The molecule has 0 spiro atoms. The molecule has 3 aromatic rings. The molecule has 34 heavy (non-hydrogen) atoms. The zero-order valence-corrected chi connectivity index (χ0v) is 20.8. The number of rotatable bonds is 6. The van der Waals surface area contributed by atoms with Gasteiger partial charge in [0.1, 0.15) is 16.2 Å². The molecule has 0 aliphatic carbocycles. The van der Waals surface area contributed by atoms with Gasteiger partial charge in [-0.2, -0.15) is 5.10 Å². The number of sulfonamides is 2. The van der Waals surface area contributed by atoms with Gasteiger partial charge in [0.05, 0.1) is 16.8 Å². The van der Waals surface area contributed by atoms with E-state index in [2.05, 4.69) is 19.5 Å². The lowest BCUT2D eigenvalue weighted by Gasteiger charge is -2.20. The summed E-state index contributed by atoms with van der Waals surface area (Å²) >= 11 is 1.30. The minimum Gasteiger partial charge on any atom is -0.505 e. The molecule has 3 heterocycles. The Morgan fingerprint density at radius 3 is 2.62 bits per heavy atom. The summed E-state index contributed by atoms with van der Waals surface area (Å²) in [6, 6.07) is 7.27. The largest absolute Gasteiger partial charge is 0.505 e. The standard InChI is InChI=1S/C20H21N5O6S3/c1-11(2)10-25-20(27)16(18(26)17(22-25)14-5-4-8-32-14)19-21-13-7-6-12(23-33(3,28)29)9-15(13)34(30,31)24-19/h4-9,11,23,26H,10H2,1-3H3,(H,21,24). The summed E-state index contributed by atoms with van der Waals surface area (Å²) in [6.07, 6.45) is 0.940. The summed E-state index contributed by atoms with van der Waals surface area (Å²) in [5, 5.41) is 17.1. The Morgan fingerprint density at radius 2 is 2.00 bits per heavy atom. The molecule has 0 atom stereocenters. The van der Waals surface area contributed by atoms with E-state index in [9.17, 15) is 26.7 Å². The SMILES string of the molecule is CC(C)Cn1nc(-c2cccs2)c(O)c(C2=Nc3ccc(NS(C)(=O)=O)cc3S(=O)(=O)N2)c1=O. The molecule has 1 aromatic carbocycles. The summed E-state index contributed by atoms with van der Waals surface area (Å²) in [5.74, 6) is -0.797. The molecule has 2 aromatic heterocycles. The van der Waals surface area contributed by atoms with Crippen molar-refractivity contribution in [2.24, 2.45) is 10.9 Å². The molecule has 0 fully saturated rings. The van der Waals surface area contributed by atoms with Crippen LogP contribution in [0.3, 0.4) is 0 Å². The van der Waals surface area contributed by atoms with E-state index in [-0.39, 0.29) is 45.8 Å². The molecule has 0 saturated heterocycles. The Kier molecular flexibility index (Phi) is 5.99. The first-order valence-corrected chi connectivity index (χ1v) is 14.2. The van der Waals surface area contributed by atoms with E-state index in [0.717, 1.165) is 12.3 Å². The average Bonchev–Trinajstić information content (AvgIpc) is 3.23. The summed E-state index contributed by atoms with van der Waals surface area (Å²) < 4.78 is 54.6. The highest BCUT2D eigenvalue weighted by atomic mass is 32.2. The Hall–Kier alpha value is -3.23. The van der Waals surface area contributed by atoms with E-state index < -0.39 is 31.4 Å². The van der Waals surface area contributed by atoms with Gasteiger partial charge in [-0.3, -0.25) is 14.2 Å². The molecule has 0 radical (unpaired) electrons. The van der Waals surface area contributed by atoms with Crippen molar-refractivity contribution in [3.8, 4) is 16.3 Å². The van der Waals surface area contributed by atoms with Crippen LogP contribution in [0.25, 0.3) is 10.6 Å². The second-order valence-electron chi connectivity index (χ2n) is 8.05. The van der Waals surface area contributed by atoms with Crippen LogP contribution in [0.1, 0.15) is 19.4 Å². The van der Waals surface area contributed by atoms with Crippen molar-refractivity contribution in [3.05, 3.63) is 51.6 Å². The zero-order chi connectivity index (χ0) is 24.8. The predicted octanol–water partition coefficient (Wildman–Crippen LogP) is 2.08. The lowest BCUT2D eigenvalue weighted by atomic mass is 10.1. The van der Waals surface area contributed by atoms with Crippen LogP contribution in [0.2, 0.25) is 0 Å². The van der Waals surface area contributed by atoms with Crippen LogP contribution in [0.4, 0.5) is 11.4 Å². The van der Waals surface area contributed by atoms with Gasteiger partial charge >= 0.3 is 0 Å². The van der Waals surface area contributed by atoms with E-state index in [1.807, 2.05) is 13.8 Å². The quantitative estimate of drug-likeness (QED) is 0.446. The van der Waals surface area contributed by atoms with Gasteiger partial charge < -0.3 is 5.11 Å². The van der Waals surface area contributed by atoms with Crippen LogP contribution in [-0.2, 0) is 26.6 Å². The molecular weight excluding hydrogens is 502 g/mol. The first-order chi connectivity index (χ1) is 15.9. The lowest BCUT2D eigenvalue weighted by Crippen LogP contribution is -2.40. The monoisotopic (exact) mass is 523 g/mol. The van der Waals surface area contributed by atoms with Crippen molar-refractivity contribution in [3.63, 3.8) is 0 Å². The summed E-state index contributed by atoms with van der Waals surface area (Å²) in [4.78, 5) is 17.8. The highest BCUT2D eigenvalue weighted by Gasteiger charge is 2.31. The number of thiophene rings is 1. The number of fused-ring (bicyclic) bond motifs is 1. The third kappa shape index (κ3) is 4.69. The van der Waals surface area contributed by atoms with E-state index in [1.165, 1.54) is 28.2 Å². The topological polar surface area (TPSA) is 160 Å². The third-order valence-corrected chi connectivity index (χ3v) is 7.53. The van der Waals surface area contributed by atoms with Gasteiger partial charge in [0.2, 0.25) is 10.0 Å². The van der Waals surface area contributed by atoms with Crippen LogP contribution in [-0.4, -0.2) is 43.8 Å². The number of aromatic hydroxyl groups is 1. The fourth-order valence-electron chi connectivity index (χ4n) is 3.36. The molecule has 3 N–H and O–H groups in total. The van der Waals surface area contributed by atoms with Crippen LogP contribution >= 0.6 is 11.3 Å². The molecule has 14 heteroatoms. The van der Waals surface area contributed by atoms with Gasteiger partial charge in [-0.1, -0.05) is 19.9 Å². The number of benzene rings is 1. The Labute approximate surface area is 199 Å². The van der Waals surface area contributed by atoms with Gasteiger partial charge in [-0.05, 0) is 35.6 Å². The van der Waals surface area contributed by atoms with Crippen molar-refractivity contribution < 1.29 is 21.9 Å². The van der Waals surface area contributed by atoms with Gasteiger partial charge in [0, 0.05) is 12.2 Å². The van der Waals surface area contributed by atoms with Crippen molar-refractivity contribution in [2.75, 3.05) is 11.0 Å². The van der Waals surface area contributed by atoms with E-state index in [4.69, 9.17) is 0 Å². The Balaban J connectivity index is 1.93. The molecule has 4 rings (SSSR count). The normalized spacial score (nSPS) is 14.9. The minimum atomic E-state index is -4.25. The number of aromatic nitrogens is 2. The van der Waals surface area contributed by atoms with Crippen molar-refractivity contribution in [2.45, 2.75) is 25.3 Å². The van der Waals surface area contributed by atoms with E-state index >= 15 is 0 Å². The van der Waals surface area contributed by atoms with Gasteiger partial charge in [0.15, 0.2) is 11.6 Å². The predicted molar refractivity (Wildman–Crippen MR) is 130 cm³/mol. The second kappa shape index (κ2) is 8.52. The first-order valence-electron chi connectivity index (χ1n) is 9.97. The van der Waals surface area contributed by atoms with Crippen LogP contribution in [0.5, 0.6) is 5.75 Å². The highest BCUT2D eigenvalue weighted by molar-refractivity contribution is 7.92. The van der Waals surface area contributed by atoms with Crippen LogP contribution in [0, 0.1) is 5.92 Å². The van der Waals surface area contributed by atoms with Gasteiger partial charge in [-0.15, -0.1) is 11.3 Å². The number of aliphatic imine (C=N–C) groups is 1. The number of nitrogens with zero attached hydrogens (tertiary/aromatic N) is 3. The average molecular weight is 524 g/mol. The fourth-order valence-corrected chi connectivity index (χ4v) is 5.80. The van der Waals surface area contributed by atoms with Crippen molar-refractivity contribution in [1.82, 2.24) is 14.5 Å². The molecule has 1 aliphatic rings. The van der Waals surface area contributed by atoms with E-state index in [1.54, 1.807) is 17.5 Å². The first kappa shape index (κ1) is 23.9. The maximum Gasteiger partial charge on any atom is 0.281 e. The number of hydrogen-bond donors (Lipinski definition) is 3. The molecule has 11 nitrogen and oxygen atoms in total. The summed E-state index contributed by atoms with van der Waals surface area (Å²) in [7, 11) is -7.88. The highest BCUT2D eigenvalue weighted by Crippen LogP contribution is 2.35. The minimum absolute atomic E-state index is 0.0171. The number of amidine groups is 1. The number of nitrogens with one attached hydrogen (secondary N) is 2. The van der Waals surface area contributed by atoms with Crippen molar-refractivity contribution >= 4 is 48.6 Å². The maximum atomic E-state index is 13.2. The van der Waals surface area contributed by atoms with Crippen LogP contribution in [0.15, 0.2) is 50.4 Å². The number of anilines is 1. The number of hydrogen-bond acceptors (Lipinski definition) is 9. The summed E-state index contributed by atoms with van der Waals surface area (Å²) in [6.45, 7) is 4.02. The molecule has 0 unspecified atom stereocenters. The van der Waals surface area contributed by atoms with Gasteiger partial charge in [0.25, 0.3) is 15.6 Å². The molecular formula is C20H21N5O6S3. The molecule has 1 aliphatic heterocycles. The smallest absolute Gasteiger partial charge is 0.281 e. The second-order valence-corrected chi connectivity index (χ2v) is 12.4. The molecule has 0 bridgehead atoms. The zero-order valence-electron chi connectivity index (χ0n) is 18.3. The van der Waals surface area contributed by atoms with Gasteiger partial charge in [-0.25, -0.2) is 26.5 Å². The molecule has 0 saturated carbocycles. The Bertz CT molecular complexity index is 1570. The van der Waals surface area contributed by atoms with Crippen molar-refractivity contribution in [1.29, 1.82) is 0 Å². The molecule has 0 amide bonds. The summed E-state index contributed by atoms with van der Waals surface area (Å²) in [5.41, 5.74) is -0.878. The van der Waals surface area contributed by atoms with E-state index in [0.29, 0.717) is 4.88 Å². The Morgan fingerprint density at radius 1 is 1.26 bits per heavy atom. The molecule has 180 valence electrons.